The van der Waals surface area contributed by atoms with E-state index in [1.54, 1.807) is 0 Å². The molecule has 0 aromatic carbocycles. The smallest absolute Gasteiger partial charge is 0.394 e. The first kappa shape index (κ1) is 19.2. The van der Waals surface area contributed by atoms with Gasteiger partial charge in [-0.2, -0.15) is 13.2 Å². The van der Waals surface area contributed by atoms with Crippen molar-refractivity contribution in [2.75, 3.05) is 32.9 Å². The maximum Gasteiger partial charge on any atom is 0.401 e. The van der Waals surface area contributed by atoms with Gasteiger partial charge < -0.3 is 15.2 Å². The molecule has 0 aromatic heterocycles. The number of aliphatic hydroxyl groups excluding tert-OH is 1. The highest BCUT2D eigenvalue weighted by Gasteiger charge is 2.38. The minimum Gasteiger partial charge on any atom is -0.394 e. The second kappa shape index (κ2) is 7.61. The first-order valence-corrected chi connectivity index (χ1v) is 7.31. The van der Waals surface area contributed by atoms with Crippen LogP contribution in [0.4, 0.5) is 13.2 Å². The number of nitrogens with zero attached hydrogens (tertiary/aromatic N) is 1. The first-order chi connectivity index (χ1) is 10.0. The van der Waals surface area contributed by atoms with Crippen LogP contribution in [-0.2, 0) is 9.53 Å². The van der Waals surface area contributed by atoms with Gasteiger partial charge in [0.1, 0.15) is 6.04 Å². The summed E-state index contributed by atoms with van der Waals surface area (Å²) < 4.78 is 42.9. The van der Waals surface area contributed by atoms with E-state index in [1.165, 1.54) is 0 Å². The molecular formula is C14H25F3N2O3. The molecule has 2 atom stereocenters. The van der Waals surface area contributed by atoms with Crippen LogP contribution in [0.1, 0.15) is 27.2 Å². The van der Waals surface area contributed by atoms with E-state index in [9.17, 15) is 23.1 Å². The van der Waals surface area contributed by atoms with Crippen LogP contribution in [0.2, 0.25) is 0 Å². The summed E-state index contributed by atoms with van der Waals surface area (Å²) >= 11 is 0. The predicted molar refractivity (Wildman–Crippen MR) is 75.3 cm³/mol. The van der Waals surface area contributed by atoms with E-state index in [2.05, 4.69) is 5.32 Å². The lowest BCUT2D eigenvalue weighted by atomic mass is 9.88. The van der Waals surface area contributed by atoms with E-state index >= 15 is 0 Å². The number of carbonyl (C=O) groups excluding carboxylic acids is 1. The summed E-state index contributed by atoms with van der Waals surface area (Å²) in [5, 5.41) is 12.0. The molecule has 0 aromatic rings. The third kappa shape index (κ3) is 6.93. The highest BCUT2D eigenvalue weighted by Crippen LogP contribution is 2.22. The molecule has 1 aliphatic rings. The second-order valence-corrected chi connectivity index (χ2v) is 6.83. The summed E-state index contributed by atoms with van der Waals surface area (Å²) in [6, 6.07) is -1.47. The molecule has 8 heteroatoms. The number of nitrogens with one attached hydrogen (secondary N) is 1. The molecule has 0 saturated carbocycles. The van der Waals surface area contributed by atoms with Crippen LogP contribution in [0.25, 0.3) is 0 Å². The number of rotatable bonds is 5. The molecule has 5 nitrogen and oxygen atoms in total. The van der Waals surface area contributed by atoms with E-state index in [4.69, 9.17) is 4.74 Å². The fourth-order valence-electron chi connectivity index (χ4n) is 2.50. The molecule has 1 aliphatic heterocycles. The molecule has 0 radical (unpaired) electrons. The van der Waals surface area contributed by atoms with Crippen molar-refractivity contribution in [1.29, 1.82) is 0 Å². The molecule has 1 heterocycles. The molecule has 1 amide bonds. The Hall–Kier alpha value is -0.860. The number of morpholine rings is 1. The first-order valence-electron chi connectivity index (χ1n) is 7.31. The average molecular weight is 326 g/mol. The van der Waals surface area contributed by atoms with E-state index < -0.39 is 30.7 Å². The van der Waals surface area contributed by atoms with Gasteiger partial charge >= 0.3 is 6.18 Å². The van der Waals surface area contributed by atoms with Gasteiger partial charge in [0.15, 0.2) is 0 Å². The summed E-state index contributed by atoms with van der Waals surface area (Å²) in [5.74, 6) is -0.535. The number of amides is 1. The van der Waals surface area contributed by atoms with Crippen LogP contribution in [0.5, 0.6) is 0 Å². The molecule has 1 rings (SSSR count). The molecule has 130 valence electrons. The number of hydrogen-bond acceptors (Lipinski definition) is 4. The average Bonchev–Trinajstić information content (AvgIpc) is 2.34. The normalized spacial score (nSPS) is 22.4. The Kier molecular flexibility index (Phi) is 6.64. The molecule has 1 fully saturated rings. The van der Waals surface area contributed by atoms with Crippen LogP contribution in [-0.4, -0.2) is 67.1 Å². The second-order valence-electron chi connectivity index (χ2n) is 6.83. The van der Waals surface area contributed by atoms with Crippen molar-refractivity contribution in [3.8, 4) is 0 Å². The molecular weight excluding hydrogens is 301 g/mol. The summed E-state index contributed by atoms with van der Waals surface area (Å²) in [4.78, 5) is 13.3. The minimum atomic E-state index is -4.36. The van der Waals surface area contributed by atoms with Gasteiger partial charge in [-0.05, 0) is 11.8 Å². The van der Waals surface area contributed by atoms with Crippen LogP contribution < -0.4 is 5.32 Å². The SMILES string of the molecule is CC(C)(C)CC(CO)NC(=O)C1COCCN1CC(F)(F)F. The Morgan fingerprint density at radius 3 is 2.55 bits per heavy atom. The van der Waals surface area contributed by atoms with Crippen LogP contribution in [0, 0.1) is 5.41 Å². The van der Waals surface area contributed by atoms with Gasteiger partial charge in [0.25, 0.3) is 0 Å². The summed E-state index contributed by atoms with van der Waals surface area (Å²) in [6.45, 7) is 4.64. The van der Waals surface area contributed by atoms with Crippen molar-refractivity contribution in [2.24, 2.45) is 5.41 Å². The monoisotopic (exact) mass is 326 g/mol. The van der Waals surface area contributed by atoms with Crippen molar-refractivity contribution in [3.63, 3.8) is 0 Å². The van der Waals surface area contributed by atoms with E-state index in [-0.39, 0.29) is 31.8 Å². The summed E-state index contributed by atoms with van der Waals surface area (Å²) in [5.41, 5.74) is -0.116. The van der Waals surface area contributed by atoms with Crippen molar-refractivity contribution in [2.45, 2.75) is 45.5 Å². The van der Waals surface area contributed by atoms with E-state index in [1.807, 2.05) is 20.8 Å². The van der Waals surface area contributed by atoms with Crippen LogP contribution in [0.3, 0.4) is 0 Å². The van der Waals surface area contributed by atoms with E-state index in [0.717, 1.165) is 4.90 Å². The number of ether oxygens (including phenoxy) is 1. The molecule has 2 unspecified atom stereocenters. The largest absolute Gasteiger partial charge is 0.401 e. The van der Waals surface area contributed by atoms with Crippen LogP contribution in [0.15, 0.2) is 0 Å². The Labute approximate surface area is 128 Å². The van der Waals surface area contributed by atoms with Crippen molar-refractivity contribution in [3.05, 3.63) is 0 Å². The van der Waals surface area contributed by atoms with Gasteiger partial charge in [0.05, 0.1) is 32.4 Å². The van der Waals surface area contributed by atoms with Gasteiger partial charge in [-0.1, -0.05) is 20.8 Å². The fourth-order valence-corrected chi connectivity index (χ4v) is 2.50. The lowest BCUT2D eigenvalue weighted by Crippen LogP contribution is -2.58. The molecule has 0 aliphatic carbocycles. The topological polar surface area (TPSA) is 61.8 Å². The fraction of sp³-hybridized carbons (Fsp3) is 0.929. The Balaban J connectivity index is 2.67. The van der Waals surface area contributed by atoms with Gasteiger partial charge in [-0.25, -0.2) is 0 Å². The molecule has 1 saturated heterocycles. The molecule has 0 spiro atoms. The van der Waals surface area contributed by atoms with Gasteiger partial charge in [-0.3, -0.25) is 9.69 Å². The number of alkyl halides is 3. The third-order valence-electron chi connectivity index (χ3n) is 3.35. The van der Waals surface area contributed by atoms with Gasteiger partial charge in [-0.15, -0.1) is 0 Å². The van der Waals surface area contributed by atoms with Crippen LogP contribution >= 0.6 is 0 Å². The Morgan fingerprint density at radius 1 is 1.41 bits per heavy atom. The highest BCUT2D eigenvalue weighted by atomic mass is 19.4. The zero-order chi connectivity index (χ0) is 17.0. The number of hydrogen-bond donors (Lipinski definition) is 2. The van der Waals surface area contributed by atoms with Crippen molar-refractivity contribution >= 4 is 5.91 Å². The molecule has 0 bridgehead atoms. The molecule has 2 N–H and O–H groups in total. The van der Waals surface area contributed by atoms with Crippen molar-refractivity contribution < 1.29 is 27.8 Å². The van der Waals surface area contributed by atoms with Crippen molar-refractivity contribution in [1.82, 2.24) is 10.2 Å². The Bertz CT molecular complexity index is 369. The maximum absolute atomic E-state index is 12.6. The zero-order valence-corrected chi connectivity index (χ0v) is 13.2. The van der Waals surface area contributed by atoms with Gasteiger partial charge in [0.2, 0.25) is 5.91 Å². The quantitative estimate of drug-likeness (QED) is 0.796. The number of aliphatic hydroxyl groups is 1. The highest BCUT2D eigenvalue weighted by molar-refractivity contribution is 5.82. The number of carbonyl (C=O) groups is 1. The number of halogens is 3. The standard InChI is InChI=1S/C14H25F3N2O3/c1-13(2,3)6-10(7-20)18-12(21)11-8-22-5-4-19(11)9-14(15,16)17/h10-11,20H,4-9H2,1-3H3,(H,18,21). The lowest BCUT2D eigenvalue weighted by molar-refractivity contribution is -0.167. The maximum atomic E-state index is 12.6. The van der Waals surface area contributed by atoms with E-state index in [0.29, 0.717) is 6.42 Å². The third-order valence-corrected chi connectivity index (χ3v) is 3.35. The lowest BCUT2D eigenvalue weighted by Gasteiger charge is -2.36. The van der Waals surface area contributed by atoms with Gasteiger partial charge in [0, 0.05) is 6.54 Å². The summed E-state index contributed by atoms with van der Waals surface area (Å²) in [6.07, 6.45) is -3.83. The summed E-state index contributed by atoms with van der Waals surface area (Å²) in [7, 11) is 0. The minimum absolute atomic E-state index is 0.0562. The Morgan fingerprint density at radius 2 is 2.05 bits per heavy atom. The molecule has 22 heavy (non-hydrogen) atoms. The zero-order valence-electron chi connectivity index (χ0n) is 13.2. The predicted octanol–water partition coefficient (Wildman–Crippen LogP) is 1.16.